The van der Waals surface area contributed by atoms with Gasteiger partial charge < -0.3 is 24.3 Å². The van der Waals surface area contributed by atoms with E-state index in [-0.39, 0.29) is 48.3 Å². The maximum Gasteiger partial charge on any atom is 0.409 e. The van der Waals surface area contributed by atoms with Gasteiger partial charge >= 0.3 is 6.09 Å². The molecule has 3 heterocycles. The largest absolute Gasteiger partial charge is 0.489 e. The van der Waals surface area contributed by atoms with Crippen molar-refractivity contribution >= 4 is 27.7 Å². The summed E-state index contributed by atoms with van der Waals surface area (Å²) in [6.07, 6.45) is 0.585. The predicted octanol–water partition coefficient (Wildman–Crippen LogP) is 1.82. The molecule has 1 aromatic carbocycles. The molecule has 0 saturated carbocycles. The second kappa shape index (κ2) is 8.83. The van der Waals surface area contributed by atoms with Gasteiger partial charge in [-0.15, -0.1) is 0 Å². The number of sulfonamides is 1. The molecule has 10 nitrogen and oxygen atoms in total. The maximum atomic E-state index is 13.5. The molecule has 2 N–H and O–H groups in total. The highest BCUT2D eigenvalue weighted by molar-refractivity contribution is 7.89. The van der Waals surface area contributed by atoms with Crippen molar-refractivity contribution in [2.75, 3.05) is 31.6 Å². The highest BCUT2D eigenvalue weighted by Crippen LogP contribution is 2.35. The molecule has 184 valence electrons. The van der Waals surface area contributed by atoms with Crippen LogP contribution < -0.4 is 14.8 Å². The number of amides is 2. The highest BCUT2D eigenvalue weighted by atomic mass is 32.2. The van der Waals surface area contributed by atoms with Gasteiger partial charge in [0.15, 0.2) is 28.9 Å². The SMILES string of the molecule is CCOC(=O)N1C[C@@H]2COc3c(cn(C)c3C(=O)Nc3cc(F)c(F)c(F)c3)S(=O)(=O)N[C@@H]2C1. The average Bonchev–Trinajstić information content (AvgIpc) is 3.30. The number of benzene rings is 1. The Bertz CT molecular complexity index is 1240. The molecule has 2 aliphatic heterocycles. The molecule has 1 saturated heterocycles. The van der Waals surface area contributed by atoms with E-state index in [1.54, 1.807) is 6.92 Å². The van der Waals surface area contributed by atoms with Crippen LogP contribution in [0.2, 0.25) is 0 Å². The molecule has 2 amide bonds. The fourth-order valence-corrected chi connectivity index (χ4v) is 5.47. The number of aromatic nitrogens is 1. The van der Waals surface area contributed by atoms with Gasteiger partial charge in [-0.25, -0.2) is 31.1 Å². The first-order valence-electron chi connectivity index (χ1n) is 10.2. The molecule has 0 aliphatic carbocycles. The van der Waals surface area contributed by atoms with Crippen LogP contribution in [0.5, 0.6) is 5.75 Å². The van der Waals surface area contributed by atoms with E-state index >= 15 is 0 Å². The first kappa shape index (κ1) is 23.9. The summed E-state index contributed by atoms with van der Waals surface area (Å²) in [5.41, 5.74) is -0.603. The van der Waals surface area contributed by atoms with Crippen molar-refractivity contribution in [3.8, 4) is 5.75 Å². The van der Waals surface area contributed by atoms with Crippen molar-refractivity contribution < 1.29 is 40.7 Å². The fourth-order valence-electron chi connectivity index (χ4n) is 3.98. The minimum Gasteiger partial charge on any atom is -0.489 e. The van der Waals surface area contributed by atoms with Gasteiger partial charge in [-0.2, -0.15) is 0 Å². The summed E-state index contributed by atoms with van der Waals surface area (Å²) in [5, 5.41) is 2.22. The van der Waals surface area contributed by atoms with Crippen LogP contribution >= 0.6 is 0 Å². The fraction of sp³-hybridized carbons (Fsp3) is 0.400. The highest BCUT2D eigenvalue weighted by Gasteiger charge is 2.42. The number of carbonyl (C=O) groups is 2. The van der Waals surface area contributed by atoms with Crippen LogP contribution in [0.15, 0.2) is 23.2 Å². The molecule has 1 fully saturated rings. The third-order valence-corrected chi connectivity index (χ3v) is 7.05. The molecule has 4 rings (SSSR count). The molecule has 0 unspecified atom stereocenters. The molecule has 0 radical (unpaired) electrons. The summed E-state index contributed by atoms with van der Waals surface area (Å²) >= 11 is 0. The lowest BCUT2D eigenvalue weighted by molar-refractivity contribution is 0.101. The second-order valence-electron chi connectivity index (χ2n) is 7.89. The Morgan fingerprint density at radius 3 is 2.56 bits per heavy atom. The molecule has 2 atom stereocenters. The lowest BCUT2D eigenvalue weighted by atomic mass is 10.1. The van der Waals surface area contributed by atoms with Gasteiger partial charge in [-0.05, 0) is 6.92 Å². The minimum atomic E-state index is -4.17. The van der Waals surface area contributed by atoms with E-state index in [0.717, 1.165) is 6.20 Å². The van der Waals surface area contributed by atoms with E-state index in [4.69, 9.17) is 9.47 Å². The summed E-state index contributed by atoms with van der Waals surface area (Å²) in [5.74, 6) is -6.31. The third kappa shape index (κ3) is 4.30. The van der Waals surface area contributed by atoms with E-state index in [9.17, 15) is 31.2 Å². The van der Waals surface area contributed by atoms with Crippen LogP contribution in [0.1, 0.15) is 17.4 Å². The van der Waals surface area contributed by atoms with Gasteiger partial charge in [0.2, 0.25) is 10.0 Å². The number of aryl methyl sites for hydroxylation is 1. The zero-order valence-corrected chi connectivity index (χ0v) is 18.9. The van der Waals surface area contributed by atoms with Crippen LogP contribution in [0.4, 0.5) is 23.7 Å². The van der Waals surface area contributed by atoms with E-state index in [0.29, 0.717) is 12.1 Å². The number of carbonyl (C=O) groups excluding carboxylic acids is 2. The number of ether oxygens (including phenoxy) is 2. The molecule has 14 heteroatoms. The topological polar surface area (TPSA) is 119 Å². The van der Waals surface area contributed by atoms with Crippen LogP contribution in [0, 0.1) is 23.4 Å². The summed E-state index contributed by atoms with van der Waals surface area (Å²) in [6.45, 7) is 2.05. The Kier molecular flexibility index (Phi) is 6.20. The maximum absolute atomic E-state index is 13.5. The van der Waals surface area contributed by atoms with Crippen LogP contribution in [-0.2, 0) is 21.8 Å². The number of likely N-dealkylation sites (tertiary alicyclic amines) is 1. The van der Waals surface area contributed by atoms with E-state index in [2.05, 4.69) is 10.0 Å². The molecule has 0 spiro atoms. The van der Waals surface area contributed by atoms with Gasteiger partial charge in [0.1, 0.15) is 4.90 Å². The number of hydrogen-bond donors (Lipinski definition) is 2. The number of fused-ring (bicyclic) bond motifs is 2. The van der Waals surface area contributed by atoms with E-state index in [1.807, 2.05) is 0 Å². The van der Waals surface area contributed by atoms with Crippen molar-refractivity contribution in [2.45, 2.75) is 17.9 Å². The monoisotopic (exact) mass is 502 g/mol. The van der Waals surface area contributed by atoms with Crippen LogP contribution in [-0.4, -0.2) is 62.2 Å². The van der Waals surface area contributed by atoms with Gasteiger partial charge in [-0.3, -0.25) is 4.79 Å². The standard InChI is InChI=1S/C20H21F3N4O6S/c1-3-32-20(29)27-6-10-9-33-18-15(34(30,31)25-14(10)7-27)8-26(2)17(18)19(28)24-11-4-12(21)16(23)13(22)5-11/h4-5,8,10,14,25H,3,6-7,9H2,1-2H3,(H,24,28)/t10-,14-/m1/s1. The molecule has 1 aromatic heterocycles. The van der Waals surface area contributed by atoms with E-state index < -0.39 is 51.4 Å². The molecule has 2 aliphatic rings. The number of nitrogens with zero attached hydrogens (tertiary/aromatic N) is 2. The summed E-state index contributed by atoms with van der Waals surface area (Å²) in [6, 6.07) is 0.551. The average molecular weight is 502 g/mol. The van der Waals surface area contributed by atoms with Crippen molar-refractivity contribution in [1.29, 1.82) is 0 Å². The quantitative estimate of drug-likeness (QED) is 0.619. The van der Waals surface area contributed by atoms with Crippen molar-refractivity contribution in [3.63, 3.8) is 0 Å². The number of hydrogen-bond acceptors (Lipinski definition) is 6. The first-order valence-corrected chi connectivity index (χ1v) is 11.7. The summed E-state index contributed by atoms with van der Waals surface area (Å²) < 4.78 is 80.8. The second-order valence-corrected chi connectivity index (χ2v) is 9.58. The summed E-state index contributed by atoms with van der Waals surface area (Å²) in [4.78, 5) is 26.0. The zero-order chi connectivity index (χ0) is 24.8. The zero-order valence-electron chi connectivity index (χ0n) is 18.1. The lowest BCUT2D eigenvalue weighted by Gasteiger charge is -2.23. The van der Waals surface area contributed by atoms with Crippen molar-refractivity contribution in [1.82, 2.24) is 14.2 Å². The molecule has 34 heavy (non-hydrogen) atoms. The Morgan fingerprint density at radius 1 is 1.24 bits per heavy atom. The molecular weight excluding hydrogens is 481 g/mol. The Hall–Kier alpha value is -3.26. The molecular formula is C20H21F3N4O6S. The first-order chi connectivity index (χ1) is 16.0. The molecule has 0 bridgehead atoms. The smallest absolute Gasteiger partial charge is 0.409 e. The third-order valence-electron chi connectivity index (χ3n) is 5.56. The number of nitrogens with one attached hydrogen (secondary N) is 2. The number of halogens is 3. The normalized spacial score (nSPS) is 21.0. The van der Waals surface area contributed by atoms with Crippen molar-refractivity contribution in [3.05, 3.63) is 41.5 Å². The van der Waals surface area contributed by atoms with Gasteiger partial charge in [0.25, 0.3) is 5.91 Å². The van der Waals surface area contributed by atoms with Gasteiger partial charge in [0, 0.05) is 56.1 Å². The van der Waals surface area contributed by atoms with Gasteiger partial charge in [0.05, 0.1) is 13.2 Å². The summed E-state index contributed by atoms with van der Waals surface area (Å²) in [7, 11) is -2.77. The Morgan fingerprint density at radius 2 is 1.91 bits per heavy atom. The molecule has 2 aromatic rings. The minimum absolute atomic E-state index is 0.0276. The number of rotatable bonds is 3. The van der Waals surface area contributed by atoms with Crippen LogP contribution in [0.25, 0.3) is 0 Å². The number of anilines is 1. The Balaban J connectivity index is 1.63. The van der Waals surface area contributed by atoms with Crippen molar-refractivity contribution in [2.24, 2.45) is 13.0 Å². The lowest BCUT2D eigenvalue weighted by Crippen LogP contribution is -2.43. The predicted molar refractivity (Wildman–Crippen MR) is 111 cm³/mol. The Labute approximate surface area is 192 Å². The van der Waals surface area contributed by atoms with Crippen LogP contribution in [0.3, 0.4) is 0 Å². The van der Waals surface area contributed by atoms with Gasteiger partial charge in [-0.1, -0.05) is 0 Å². The van der Waals surface area contributed by atoms with E-state index in [1.165, 1.54) is 16.5 Å².